The van der Waals surface area contributed by atoms with Crippen molar-refractivity contribution in [1.82, 2.24) is 5.32 Å². The van der Waals surface area contributed by atoms with E-state index in [0.717, 1.165) is 25.5 Å². The Kier molecular flexibility index (Phi) is 3.62. The highest BCUT2D eigenvalue weighted by molar-refractivity contribution is 5.49. The second-order valence-corrected chi connectivity index (χ2v) is 4.65. The van der Waals surface area contributed by atoms with Gasteiger partial charge in [-0.1, -0.05) is 0 Å². The van der Waals surface area contributed by atoms with Gasteiger partial charge in [0.25, 0.3) is 0 Å². The van der Waals surface area contributed by atoms with E-state index in [0.29, 0.717) is 11.7 Å². The van der Waals surface area contributed by atoms with Crippen LogP contribution in [0.2, 0.25) is 0 Å². The third-order valence-electron chi connectivity index (χ3n) is 3.50. The minimum Gasteiger partial charge on any atom is -0.366 e. The van der Waals surface area contributed by atoms with E-state index in [4.69, 9.17) is 0 Å². The zero-order valence-electron chi connectivity index (χ0n) is 10.2. The summed E-state index contributed by atoms with van der Waals surface area (Å²) in [5, 5.41) is 3.25. The lowest BCUT2D eigenvalue weighted by molar-refractivity contribution is 0.383. The smallest absolute Gasteiger partial charge is 0.149 e. The summed E-state index contributed by atoms with van der Waals surface area (Å²) in [6.45, 7) is 2.88. The first kappa shape index (κ1) is 12.3. The van der Waals surface area contributed by atoms with Crippen molar-refractivity contribution >= 4 is 5.69 Å². The molecule has 1 aromatic rings. The van der Waals surface area contributed by atoms with Gasteiger partial charge in [-0.3, -0.25) is 0 Å². The summed E-state index contributed by atoms with van der Waals surface area (Å²) < 4.78 is 26.6. The van der Waals surface area contributed by atoms with Crippen LogP contribution in [0.3, 0.4) is 0 Å². The first-order valence-corrected chi connectivity index (χ1v) is 6.00. The third kappa shape index (κ3) is 2.57. The number of nitrogens with one attached hydrogen (secondary N) is 1. The maximum absolute atomic E-state index is 13.7. The number of benzene rings is 1. The van der Waals surface area contributed by atoms with E-state index in [2.05, 4.69) is 12.2 Å². The highest BCUT2D eigenvalue weighted by Gasteiger charge is 2.26. The lowest BCUT2D eigenvalue weighted by Gasteiger charge is -2.39. The first-order chi connectivity index (χ1) is 8.11. The number of hydrogen-bond donors (Lipinski definition) is 1. The fraction of sp³-hybridized carbons (Fsp3) is 0.538. The molecule has 0 radical (unpaired) electrons. The molecule has 1 aliphatic heterocycles. The van der Waals surface area contributed by atoms with Crippen LogP contribution in [0.4, 0.5) is 14.5 Å². The van der Waals surface area contributed by atoms with Crippen molar-refractivity contribution in [2.24, 2.45) is 0 Å². The van der Waals surface area contributed by atoms with Gasteiger partial charge in [-0.05, 0) is 38.9 Å². The van der Waals surface area contributed by atoms with Gasteiger partial charge in [0, 0.05) is 24.7 Å². The van der Waals surface area contributed by atoms with Crippen LogP contribution in [-0.4, -0.2) is 25.7 Å². The molecule has 0 saturated carbocycles. The van der Waals surface area contributed by atoms with Gasteiger partial charge in [0.05, 0.1) is 5.69 Å². The SMILES string of the molecule is CNC1CCN(c2ccc(F)cc2F)C(C)C1. The number of nitrogens with zero attached hydrogens (tertiary/aromatic N) is 1. The molecule has 0 aliphatic carbocycles. The highest BCUT2D eigenvalue weighted by atomic mass is 19.1. The van der Waals surface area contributed by atoms with Crippen LogP contribution in [-0.2, 0) is 0 Å². The quantitative estimate of drug-likeness (QED) is 0.854. The minimum absolute atomic E-state index is 0.265. The summed E-state index contributed by atoms with van der Waals surface area (Å²) in [4.78, 5) is 2.02. The van der Waals surface area contributed by atoms with E-state index < -0.39 is 11.6 Å². The maximum Gasteiger partial charge on any atom is 0.149 e. The predicted octanol–water partition coefficient (Wildman–Crippen LogP) is 2.54. The molecule has 0 aromatic heterocycles. The van der Waals surface area contributed by atoms with Crippen molar-refractivity contribution in [3.8, 4) is 0 Å². The van der Waals surface area contributed by atoms with E-state index in [-0.39, 0.29) is 6.04 Å². The van der Waals surface area contributed by atoms with Crippen LogP contribution in [0.25, 0.3) is 0 Å². The average molecular weight is 240 g/mol. The third-order valence-corrected chi connectivity index (χ3v) is 3.50. The van der Waals surface area contributed by atoms with E-state index in [9.17, 15) is 8.78 Å². The molecule has 0 amide bonds. The molecule has 94 valence electrons. The molecule has 1 aromatic carbocycles. The van der Waals surface area contributed by atoms with Crippen molar-refractivity contribution < 1.29 is 8.78 Å². The molecular formula is C13H18F2N2. The zero-order valence-corrected chi connectivity index (χ0v) is 10.2. The fourth-order valence-electron chi connectivity index (χ4n) is 2.51. The van der Waals surface area contributed by atoms with Gasteiger partial charge in [-0.25, -0.2) is 8.78 Å². The van der Waals surface area contributed by atoms with Gasteiger partial charge in [0.15, 0.2) is 0 Å². The van der Waals surface area contributed by atoms with Crippen LogP contribution in [0.15, 0.2) is 18.2 Å². The Morgan fingerprint density at radius 3 is 2.71 bits per heavy atom. The average Bonchev–Trinajstić information content (AvgIpc) is 2.30. The number of piperidine rings is 1. The maximum atomic E-state index is 13.7. The molecule has 1 saturated heterocycles. The normalized spacial score (nSPS) is 25.1. The molecule has 2 nitrogen and oxygen atoms in total. The molecular weight excluding hydrogens is 222 g/mol. The highest BCUT2D eigenvalue weighted by Crippen LogP contribution is 2.27. The van der Waals surface area contributed by atoms with Crippen LogP contribution in [0, 0.1) is 11.6 Å². The second-order valence-electron chi connectivity index (χ2n) is 4.65. The number of rotatable bonds is 2. The molecule has 17 heavy (non-hydrogen) atoms. The summed E-state index contributed by atoms with van der Waals surface area (Å²) >= 11 is 0. The Hall–Kier alpha value is -1.16. The Morgan fingerprint density at radius 2 is 2.12 bits per heavy atom. The monoisotopic (exact) mass is 240 g/mol. The number of halogens is 2. The van der Waals surface area contributed by atoms with E-state index >= 15 is 0 Å². The van der Waals surface area contributed by atoms with E-state index in [1.54, 1.807) is 0 Å². The molecule has 1 N–H and O–H groups in total. The summed E-state index contributed by atoms with van der Waals surface area (Å²) in [6.07, 6.45) is 1.96. The van der Waals surface area contributed by atoms with Gasteiger partial charge >= 0.3 is 0 Å². The summed E-state index contributed by atoms with van der Waals surface area (Å²) in [7, 11) is 1.95. The molecule has 2 unspecified atom stereocenters. The van der Waals surface area contributed by atoms with Gasteiger partial charge < -0.3 is 10.2 Å². The number of anilines is 1. The first-order valence-electron chi connectivity index (χ1n) is 6.00. The van der Waals surface area contributed by atoms with Gasteiger partial charge in [-0.15, -0.1) is 0 Å². The van der Waals surface area contributed by atoms with Crippen LogP contribution < -0.4 is 10.2 Å². The van der Waals surface area contributed by atoms with Crippen molar-refractivity contribution in [2.75, 3.05) is 18.5 Å². The summed E-state index contributed by atoms with van der Waals surface area (Å²) in [5.41, 5.74) is 0.508. The number of hydrogen-bond acceptors (Lipinski definition) is 2. The van der Waals surface area contributed by atoms with Gasteiger partial charge in [0.1, 0.15) is 11.6 Å². The topological polar surface area (TPSA) is 15.3 Å². The van der Waals surface area contributed by atoms with Crippen molar-refractivity contribution in [3.05, 3.63) is 29.8 Å². The standard InChI is InChI=1S/C13H18F2N2/c1-9-7-11(16-2)5-6-17(9)13-4-3-10(14)8-12(13)15/h3-4,8-9,11,16H,5-7H2,1-2H3. The zero-order chi connectivity index (χ0) is 12.4. The predicted molar refractivity (Wildman–Crippen MR) is 65.2 cm³/mol. The Morgan fingerprint density at radius 1 is 1.35 bits per heavy atom. The van der Waals surface area contributed by atoms with Crippen molar-refractivity contribution in [3.63, 3.8) is 0 Å². The van der Waals surface area contributed by atoms with E-state index in [1.165, 1.54) is 12.1 Å². The van der Waals surface area contributed by atoms with Gasteiger partial charge in [0.2, 0.25) is 0 Å². The largest absolute Gasteiger partial charge is 0.366 e. The molecule has 1 aliphatic rings. The Labute approximate surface area is 101 Å². The summed E-state index contributed by atoms with van der Waals surface area (Å²) in [5.74, 6) is -0.997. The van der Waals surface area contributed by atoms with Crippen molar-refractivity contribution in [2.45, 2.75) is 31.8 Å². The Bertz CT molecular complexity index is 395. The molecule has 0 bridgehead atoms. The second kappa shape index (κ2) is 5.00. The molecule has 2 atom stereocenters. The molecule has 1 heterocycles. The Balaban J connectivity index is 2.17. The van der Waals surface area contributed by atoms with Crippen LogP contribution >= 0.6 is 0 Å². The lowest BCUT2D eigenvalue weighted by Crippen LogP contribution is -2.47. The molecule has 1 fully saturated rings. The van der Waals surface area contributed by atoms with Crippen molar-refractivity contribution in [1.29, 1.82) is 0 Å². The molecule has 2 rings (SSSR count). The fourth-order valence-corrected chi connectivity index (χ4v) is 2.51. The molecule has 0 spiro atoms. The van der Waals surface area contributed by atoms with Crippen LogP contribution in [0.5, 0.6) is 0 Å². The minimum atomic E-state index is -0.524. The van der Waals surface area contributed by atoms with E-state index in [1.807, 2.05) is 11.9 Å². The van der Waals surface area contributed by atoms with Crippen LogP contribution in [0.1, 0.15) is 19.8 Å². The van der Waals surface area contributed by atoms with Gasteiger partial charge in [-0.2, -0.15) is 0 Å². The lowest BCUT2D eigenvalue weighted by atomic mass is 9.97. The summed E-state index contributed by atoms with van der Waals surface area (Å²) in [6, 6.07) is 4.55. The molecule has 4 heteroatoms.